The van der Waals surface area contributed by atoms with Crippen molar-refractivity contribution in [2.75, 3.05) is 12.4 Å². The molecule has 0 aliphatic rings. The number of rotatable bonds is 6. The van der Waals surface area contributed by atoms with Gasteiger partial charge in [0.1, 0.15) is 12.3 Å². The number of nitrogens with zero attached hydrogens (tertiary/aromatic N) is 3. The molecule has 1 heterocycles. The van der Waals surface area contributed by atoms with Crippen LogP contribution in [0.3, 0.4) is 0 Å². The number of ether oxygens (including phenoxy) is 1. The molecule has 0 bridgehead atoms. The van der Waals surface area contributed by atoms with Crippen LogP contribution in [0.2, 0.25) is 20.1 Å². The van der Waals surface area contributed by atoms with Gasteiger partial charge < -0.3 is 10.1 Å². The number of anilines is 1. The van der Waals surface area contributed by atoms with Crippen LogP contribution in [-0.4, -0.2) is 27.4 Å². The van der Waals surface area contributed by atoms with Crippen LogP contribution in [0.15, 0.2) is 60.7 Å². The van der Waals surface area contributed by atoms with E-state index in [0.29, 0.717) is 48.6 Å². The second kappa shape index (κ2) is 10.4. The van der Waals surface area contributed by atoms with Crippen molar-refractivity contribution >= 4 is 70.2 Å². The number of amides is 1. The van der Waals surface area contributed by atoms with E-state index in [2.05, 4.69) is 10.4 Å². The van der Waals surface area contributed by atoms with Crippen LogP contribution < -0.4 is 10.1 Å². The zero-order valence-electron chi connectivity index (χ0n) is 17.6. The Morgan fingerprint density at radius 2 is 1.71 bits per heavy atom. The summed E-state index contributed by atoms with van der Waals surface area (Å²) in [6.07, 6.45) is 0. The number of hydrogen-bond acceptors (Lipinski definition) is 4. The molecule has 0 radical (unpaired) electrons. The summed E-state index contributed by atoms with van der Waals surface area (Å²) in [5, 5.41) is 8.82. The van der Waals surface area contributed by atoms with Crippen molar-refractivity contribution in [2.45, 2.75) is 6.54 Å². The topological polar surface area (TPSA) is 61.1 Å². The molecule has 6 nitrogen and oxygen atoms in total. The van der Waals surface area contributed by atoms with E-state index in [-0.39, 0.29) is 11.3 Å². The number of hydrogen-bond donors (Lipinski definition) is 1. The van der Waals surface area contributed by atoms with E-state index in [0.717, 1.165) is 0 Å². The van der Waals surface area contributed by atoms with Gasteiger partial charge >= 0.3 is 0 Å². The highest BCUT2D eigenvalue weighted by atomic mass is 35.5. The van der Waals surface area contributed by atoms with Crippen molar-refractivity contribution in [3.8, 4) is 22.8 Å². The van der Waals surface area contributed by atoms with Gasteiger partial charge in [0.25, 0.3) is 0 Å². The second-order valence-corrected chi connectivity index (χ2v) is 9.06. The van der Waals surface area contributed by atoms with Crippen molar-refractivity contribution in [3.63, 3.8) is 0 Å². The molecule has 0 saturated heterocycles. The number of aromatic nitrogens is 3. The monoisotopic (exact) mass is 552 g/mol. The molecule has 0 atom stereocenters. The Balaban J connectivity index is 1.81. The van der Waals surface area contributed by atoms with Gasteiger partial charge in [-0.2, -0.15) is 5.10 Å². The van der Waals surface area contributed by atoms with Crippen LogP contribution in [0, 0.1) is 4.77 Å². The molecule has 0 aliphatic carbocycles. The van der Waals surface area contributed by atoms with Gasteiger partial charge in [-0.1, -0.05) is 64.6 Å². The van der Waals surface area contributed by atoms with E-state index in [1.807, 2.05) is 18.2 Å². The molecule has 174 valence electrons. The standard InChI is InChI=1S/C23H16Cl4N4O2S/c1-33-19-8-3-2-7-18(19)31-22(14-10-9-13(24)11-17(14)27)29-30(23(31)34)12-20(32)28-21-15(25)5-4-6-16(21)26/h2-11H,12H2,1H3,(H,28,32). The molecule has 4 rings (SSSR count). The Kier molecular flexibility index (Phi) is 7.50. The van der Waals surface area contributed by atoms with Crippen LogP contribution >= 0.6 is 58.6 Å². The first-order valence-corrected chi connectivity index (χ1v) is 11.7. The third-order valence-electron chi connectivity index (χ3n) is 4.86. The van der Waals surface area contributed by atoms with Gasteiger partial charge in [-0.15, -0.1) is 0 Å². The molecule has 0 unspecified atom stereocenters. The van der Waals surface area contributed by atoms with Crippen molar-refractivity contribution < 1.29 is 9.53 Å². The van der Waals surface area contributed by atoms with Crippen LogP contribution in [-0.2, 0) is 11.3 Å². The molecule has 0 spiro atoms. The highest BCUT2D eigenvalue weighted by Gasteiger charge is 2.21. The fourth-order valence-electron chi connectivity index (χ4n) is 3.32. The van der Waals surface area contributed by atoms with E-state index in [4.69, 9.17) is 63.4 Å². The average molecular weight is 554 g/mol. The summed E-state index contributed by atoms with van der Waals surface area (Å²) < 4.78 is 8.86. The molecule has 1 N–H and O–H groups in total. The lowest BCUT2D eigenvalue weighted by molar-refractivity contribution is -0.116. The van der Waals surface area contributed by atoms with E-state index < -0.39 is 5.91 Å². The summed E-state index contributed by atoms with van der Waals surface area (Å²) in [7, 11) is 1.56. The molecule has 0 aliphatic heterocycles. The molecule has 34 heavy (non-hydrogen) atoms. The van der Waals surface area contributed by atoms with Gasteiger partial charge in [0.2, 0.25) is 10.7 Å². The Bertz CT molecular complexity index is 1430. The summed E-state index contributed by atoms with van der Waals surface area (Å²) in [4.78, 5) is 12.9. The van der Waals surface area contributed by atoms with E-state index in [1.165, 1.54) is 4.68 Å². The smallest absolute Gasteiger partial charge is 0.246 e. The van der Waals surface area contributed by atoms with Crippen LogP contribution in [0.4, 0.5) is 5.69 Å². The predicted molar refractivity (Wildman–Crippen MR) is 139 cm³/mol. The maximum absolute atomic E-state index is 12.9. The lowest BCUT2D eigenvalue weighted by Crippen LogP contribution is -2.20. The fraction of sp³-hybridized carbons (Fsp3) is 0.0870. The molecule has 0 fully saturated rings. The Morgan fingerprint density at radius 3 is 2.38 bits per heavy atom. The summed E-state index contributed by atoms with van der Waals surface area (Å²) in [5.74, 6) is 0.570. The minimum absolute atomic E-state index is 0.194. The third kappa shape index (κ3) is 4.94. The number of methoxy groups -OCH3 is 1. The molecule has 11 heteroatoms. The Labute approximate surface area is 220 Å². The predicted octanol–water partition coefficient (Wildman–Crippen LogP) is 7.33. The van der Waals surface area contributed by atoms with Gasteiger partial charge in [0.15, 0.2) is 5.82 Å². The van der Waals surface area contributed by atoms with E-state index in [1.54, 1.807) is 54.1 Å². The highest BCUT2D eigenvalue weighted by molar-refractivity contribution is 7.71. The van der Waals surface area contributed by atoms with Gasteiger partial charge in [-0.05, 0) is 54.7 Å². The summed E-state index contributed by atoms with van der Waals surface area (Å²) >= 11 is 30.6. The number of para-hydroxylation sites is 3. The Morgan fingerprint density at radius 1 is 1.00 bits per heavy atom. The molecule has 4 aromatic rings. The number of carbonyl (C=O) groups excluding carboxylic acids is 1. The lowest BCUT2D eigenvalue weighted by atomic mass is 10.2. The number of carbonyl (C=O) groups is 1. The van der Waals surface area contributed by atoms with Gasteiger partial charge in [0, 0.05) is 10.6 Å². The first kappa shape index (κ1) is 24.6. The summed E-state index contributed by atoms with van der Waals surface area (Å²) in [6, 6.07) is 17.3. The number of benzene rings is 3. The van der Waals surface area contributed by atoms with Crippen LogP contribution in [0.1, 0.15) is 0 Å². The third-order valence-corrected chi connectivity index (χ3v) is 6.43. The van der Waals surface area contributed by atoms with Gasteiger partial charge in [0.05, 0.1) is 33.6 Å². The molecular formula is C23H16Cl4N4O2S. The van der Waals surface area contributed by atoms with Crippen molar-refractivity contribution in [2.24, 2.45) is 0 Å². The van der Waals surface area contributed by atoms with Crippen LogP contribution in [0.5, 0.6) is 5.75 Å². The fourth-order valence-corrected chi connectivity index (χ4v) is 4.59. The zero-order chi connectivity index (χ0) is 24.4. The summed E-state index contributed by atoms with van der Waals surface area (Å²) in [6.45, 7) is -0.194. The molecule has 1 amide bonds. The van der Waals surface area contributed by atoms with Crippen molar-refractivity contribution in [1.29, 1.82) is 0 Å². The lowest BCUT2D eigenvalue weighted by Gasteiger charge is -2.12. The molecule has 1 aromatic heterocycles. The quantitative estimate of drug-likeness (QED) is 0.254. The highest BCUT2D eigenvalue weighted by Crippen LogP contribution is 2.34. The maximum atomic E-state index is 12.9. The first-order valence-electron chi connectivity index (χ1n) is 9.82. The van der Waals surface area contributed by atoms with Crippen molar-refractivity contribution in [3.05, 3.63) is 85.5 Å². The Hall–Kier alpha value is -2.55. The number of nitrogens with one attached hydrogen (secondary N) is 1. The minimum atomic E-state index is -0.412. The van der Waals surface area contributed by atoms with Crippen LogP contribution in [0.25, 0.3) is 17.1 Å². The van der Waals surface area contributed by atoms with Gasteiger partial charge in [-0.25, -0.2) is 4.68 Å². The molecular weight excluding hydrogens is 538 g/mol. The minimum Gasteiger partial charge on any atom is -0.495 e. The van der Waals surface area contributed by atoms with Gasteiger partial charge in [-0.3, -0.25) is 9.36 Å². The average Bonchev–Trinajstić information content (AvgIpc) is 3.11. The normalized spacial score (nSPS) is 10.9. The largest absolute Gasteiger partial charge is 0.495 e. The first-order chi connectivity index (χ1) is 16.3. The summed E-state index contributed by atoms with van der Waals surface area (Å²) in [5.41, 5.74) is 1.53. The molecule has 0 saturated carbocycles. The maximum Gasteiger partial charge on any atom is 0.246 e. The zero-order valence-corrected chi connectivity index (χ0v) is 21.4. The van der Waals surface area contributed by atoms with Crippen molar-refractivity contribution in [1.82, 2.24) is 14.3 Å². The van der Waals surface area contributed by atoms with E-state index >= 15 is 0 Å². The molecule has 3 aromatic carbocycles. The SMILES string of the molecule is COc1ccccc1-n1c(-c2ccc(Cl)cc2Cl)nn(CC(=O)Nc2c(Cl)cccc2Cl)c1=S. The number of halogens is 4. The van der Waals surface area contributed by atoms with E-state index in [9.17, 15) is 4.79 Å². The second-order valence-electron chi connectivity index (χ2n) is 7.04.